The van der Waals surface area contributed by atoms with Gasteiger partial charge in [-0.2, -0.15) is 0 Å². The van der Waals surface area contributed by atoms with Crippen LogP contribution in [0.4, 0.5) is 0 Å². The minimum atomic E-state index is 0.512. The third kappa shape index (κ3) is 1.34. The van der Waals surface area contributed by atoms with Crippen molar-refractivity contribution in [2.75, 3.05) is 6.54 Å². The van der Waals surface area contributed by atoms with Gasteiger partial charge in [0.15, 0.2) is 0 Å². The van der Waals surface area contributed by atoms with E-state index in [1.54, 1.807) is 0 Å². The zero-order valence-corrected chi connectivity index (χ0v) is 8.33. The predicted octanol–water partition coefficient (Wildman–Crippen LogP) is 2.15. The van der Waals surface area contributed by atoms with Gasteiger partial charge in [-0.25, -0.2) is 0 Å². The molecule has 0 saturated heterocycles. The van der Waals surface area contributed by atoms with Crippen LogP contribution in [0.1, 0.15) is 5.56 Å². The summed E-state index contributed by atoms with van der Waals surface area (Å²) in [6.45, 7) is 4.44. The number of hydrogen-bond donors (Lipinski definition) is 1. The Morgan fingerprint density at radius 1 is 1.43 bits per heavy atom. The first-order valence-electron chi connectivity index (χ1n) is 4.65. The Labute approximate surface area is 83.6 Å². The van der Waals surface area contributed by atoms with Crippen molar-refractivity contribution < 1.29 is 0 Å². The van der Waals surface area contributed by atoms with Crippen LogP contribution >= 0.6 is 0 Å². The number of hydrogen-bond acceptors (Lipinski definition) is 1. The zero-order valence-electron chi connectivity index (χ0n) is 8.33. The van der Waals surface area contributed by atoms with Crippen LogP contribution in [0.5, 0.6) is 0 Å². The number of aryl methyl sites for hydroxylation is 1. The van der Waals surface area contributed by atoms with Crippen LogP contribution < -0.4 is 5.73 Å². The molecule has 2 heteroatoms. The number of rotatable bonds is 2. The van der Waals surface area contributed by atoms with Crippen molar-refractivity contribution in [2.45, 2.75) is 0 Å². The maximum absolute atomic E-state index is 5.55. The smallest absolute Gasteiger partial charge is 0.0478 e. The highest BCUT2D eigenvalue weighted by molar-refractivity contribution is 5.84. The molecule has 0 radical (unpaired) electrons. The number of benzene rings is 1. The molecule has 2 aromatic rings. The average Bonchev–Trinajstić information content (AvgIpc) is 2.59. The molecule has 0 atom stereocenters. The van der Waals surface area contributed by atoms with E-state index >= 15 is 0 Å². The number of nitrogens with two attached hydrogens (primary N) is 1. The molecule has 14 heavy (non-hydrogen) atoms. The van der Waals surface area contributed by atoms with Gasteiger partial charge >= 0.3 is 0 Å². The van der Waals surface area contributed by atoms with Gasteiger partial charge in [0.1, 0.15) is 0 Å². The predicted molar refractivity (Wildman–Crippen MR) is 61.0 cm³/mol. The summed E-state index contributed by atoms with van der Waals surface area (Å²) in [7, 11) is 2.04. The average molecular weight is 186 g/mol. The van der Waals surface area contributed by atoms with Crippen LogP contribution in [-0.4, -0.2) is 11.1 Å². The van der Waals surface area contributed by atoms with Crippen LogP contribution in [0.3, 0.4) is 0 Å². The lowest BCUT2D eigenvalue weighted by Gasteiger charge is -2.03. The van der Waals surface area contributed by atoms with Crippen LogP contribution in [0.25, 0.3) is 16.5 Å². The van der Waals surface area contributed by atoms with Crippen molar-refractivity contribution >= 4 is 16.5 Å². The summed E-state index contributed by atoms with van der Waals surface area (Å²) in [6.07, 6.45) is 2.06. The molecule has 0 aliphatic rings. The Bertz CT molecular complexity index is 480. The molecule has 2 rings (SSSR count). The first-order chi connectivity index (χ1) is 6.72. The van der Waals surface area contributed by atoms with Crippen molar-refractivity contribution in [3.05, 3.63) is 42.6 Å². The maximum atomic E-state index is 5.55. The van der Waals surface area contributed by atoms with E-state index in [-0.39, 0.29) is 0 Å². The molecule has 0 unspecified atom stereocenters. The van der Waals surface area contributed by atoms with Gasteiger partial charge in [0.25, 0.3) is 0 Å². The Morgan fingerprint density at radius 2 is 2.21 bits per heavy atom. The van der Waals surface area contributed by atoms with E-state index in [0.29, 0.717) is 6.54 Å². The van der Waals surface area contributed by atoms with Gasteiger partial charge in [-0.05, 0) is 29.3 Å². The molecule has 0 aliphatic heterocycles. The van der Waals surface area contributed by atoms with Crippen LogP contribution in [0.2, 0.25) is 0 Å². The Hall–Kier alpha value is -1.54. The normalized spacial score (nSPS) is 10.7. The number of aromatic nitrogens is 1. The van der Waals surface area contributed by atoms with E-state index < -0.39 is 0 Å². The Kier molecular flexibility index (Phi) is 2.14. The second-order valence-electron chi connectivity index (χ2n) is 3.51. The number of fused-ring (bicyclic) bond motifs is 1. The maximum Gasteiger partial charge on any atom is 0.0478 e. The van der Waals surface area contributed by atoms with Crippen molar-refractivity contribution in [1.82, 2.24) is 4.57 Å². The van der Waals surface area contributed by atoms with Gasteiger partial charge in [-0.3, -0.25) is 0 Å². The first-order valence-corrected chi connectivity index (χ1v) is 4.65. The second kappa shape index (κ2) is 3.31. The molecule has 72 valence electrons. The first kappa shape index (κ1) is 9.03. The summed E-state index contributed by atoms with van der Waals surface area (Å²) >= 11 is 0. The molecule has 1 heterocycles. The molecule has 0 amide bonds. The zero-order chi connectivity index (χ0) is 10.1. The minimum absolute atomic E-state index is 0.512. The van der Waals surface area contributed by atoms with Gasteiger partial charge in [0.2, 0.25) is 0 Å². The lowest BCUT2D eigenvalue weighted by Crippen LogP contribution is -2.00. The fourth-order valence-corrected chi connectivity index (χ4v) is 1.62. The summed E-state index contributed by atoms with van der Waals surface area (Å²) in [5, 5.41) is 1.24. The van der Waals surface area contributed by atoms with Crippen LogP contribution in [0.15, 0.2) is 37.0 Å². The highest BCUT2D eigenvalue weighted by Gasteiger charge is 2.01. The molecular weight excluding hydrogens is 172 g/mol. The Balaban J connectivity index is 2.57. The van der Waals surface area contributed by atoms with Gasteiger partial charge in [-0.1, -0.05) is 12.6 Å². The molecule has 2 N–H and O–H groups in total. The molecule has 1 aromatic carbocycles. The fraction of sp³-hybridized carbons (Fsp3) is 0.167. The fourth-order valence-electron chi connectivity index (χ4n) is 1.62. The molecule has 0 aliphatic carbocycles. The van der Waals surface area contributed by atoms with Crippen LogP contribution in [0, 0.1) is 0 Å². The topological polar surface area (TPSA) is 30.9 Å². The van der Waals surface area contributed by atoms with Gasteiger partial charge in [-0.15, -0.1) is 0 Å². The summed E-state index contributed by atoms with van der Waals surface area (Å²) in [4.78, 5) is 0. The lowest BCUT2D eigenvalue weighted by molar-refractivity contribution is 0.969. The summed E-state index contributed by atoms with van der Waals surface area (Å²) < 4.78 is 2.10. The second-order valence-corrected chi connectivity index (χ2v) is 3.51. The van der Waals surface area contributed by atoms with Gasteiger partial charge in [0.05, 0.1) is 0 Å². The van der Waals surface area contributed by atoms with Gasteiger partial charge in [0, 0.05) is 30.7 Å². The minimum Gasteiger partial charge on any atom is -0.351 e. The molecule has 2 nitrogen and oxygen atoms in total. The third-order valence-electron chi connectivity index (χ3n) is 2.54. The SMILES string of the molecule is C=C(CN)c1ccc2c(ccn2C)c1. The third-order valence-corrected chi connectivity index (χ3v) is 2.54. The largest absolute Gasteiger partial charge is 0.351 e. The van der Waals surface area contributed by atoms with Crippen molar-refractivity contribution in [3.8, 4) is 0 Å². The molecule has 0 fully saturated rings. The monoisotopic (exact) mass is 186 g/mol. The Morgan fingerprint density at radius 3 is 2.93 bits per heavy atom. The highest BCUT2D eigenvalue weighted by Crippen LogP contribution is 2.20. The molecular formula is C12H14N2. The van der Waals surface area contributed by atoms with Crippen LogP contribution in [-0.2, 0) is 7.05 Å². The van der Waals surface area contributed by atoms with E-state index in [1.807, 2.05) is 7.05 Å². The van der Waals surface area contributed by atoms with E-state index in [9.17, 15) is 0 Å². The lowest BCUT2D eigenvalue weighted by atomic mass is 10.1. The summed E-state index contributed by atoms with van der Waals surface area (Å²) in [5.74, 6) is 0. The quantitative estimate of drug-likeness (QED) is 0.765. The molecule has 0 saturated carbocycles. The molecule has 1 aromatic heterocycles. The van der Waals surface area contributed by atoms with Crippen molar-refractivity contribution in [3.63, 3.8) is 0 Å². The standard InChI is InChI=1S/C12H14N2/c1-9(8-13)10-3-4-12-11(7-10)5-6-14(12)2/h3-7H,1,8,13H2,2H3. The highest BCUT2D eigenvalue weighted by atomic mass is 14.9. The molecule has 0 bridgehead atoms. The van der Waals surface area contributed by atoms with E-state index in [4.69, 9.17) is 5.73 Å². The van der Waals surface area contributed by atoms with E-state index in [1.165, 1.54) is 10.9 Å². The van der Waals surface area contributed by atoms with Crippen molar-refractivity contribution in [2.24, 2.45) is 12.8 Å². The van der Waals surface area contributed by atoms with Crippen molar-refractivity contribution in [1.29, 1.82) is 0 Å². The van der Waals surface area contributed by atoms with E-state index in [2.05, 4.69) is 41.6 Å². The van der Waals surface area contributed by atoms with E-state index in [0.717, 1.165) is 11.1 Å². The van der Waals surface area contributed by atoms with Gasteiger partial charge < -0.3 is 10.3 Å². The summed E-state index contributed by atoms with van der Waals surface area (Å²) in [5.41, 5.74) is 8.90. The summed E-state index contributed by atoms with van der Waals surface area (Å²) in [6, 6.07) is 8.40. The molecule has 0 spiro atoms. The number of nitrogens with zero attached hydrogens (tertiary/aromatic N) is 1.